The smallest absolute Gasteiger partial charge is 0.330 e. The van der Waals surface area contributed by atoms with Crippen LogP contribution in [0.15, 0.2) is 24.3 Å². The standard InChI is InChI=1S/C15H18O8/c1-22-13-6-9(2-4-10(13)17)3-5-14(20)23-8-12(19)15(21)11(18)7-16/h2-7,11-12,15,17-19,21H,8H2,1H3/b5-3+/t11-,12-,15+/m0/s1. The molecule has 0 heterocycles. The third-order valence-corrected chi connectivity index (χ3v) is 2.90. The second-order valence-corrected chi connectivity index (χ2v) is 4.58. The van der Waals surface area contributed by atoms with Gasteiger partial charge in [0.05, 0.1) is 7.11 Å². The zero-order valence-corrected chi connectivity index (χ0v) is 12.3. The minimum atomic E-state index is -1.76. The highest BCUT2D eigenvalue weighted by molar-refractivity contribution is 5.87. The molecule has 0 saturated carbocycles. The predicted molar refractivity (Wildman–Crippen MR) is 78.7 cm³/mol. The van der Waals surface area contributed by atoms with Gasteiger partial charge in [-0.05, 0) is 23.8 Å². The maximum atomic E-state index is 11.5. The number of carbonyl (C=O) groups is 2. The second-order valence-electron chi connectivity index (χ2n) is 4.58. The Balaban J connectivity index is 2.55. The van der Waals surface area contributed by atoms with Crippen LogP contribution in [0, 0.1) is 0 Å². The second kappa shape index (κ2) is 8.89. The van der Waals surface area contributed by atoms with Crippen molar-refractivity contribution in [1.29, 1.82) is 0 Å². The average Bonchev–Trinajstić information content (AvgIpc) is 2.57. The van der Waals surface area contributed by atoms with E-state index >= 15 is 0 Å². The lowest BCUT2D eigenvalue weighted by atomic mass is 10.1. The van der Waals surface area contributed by atoms with E-state index in [2.05, 4.69) is 4.74 Å². The molecular formula is C15H18O8. The fourth-order valence-corrected chi connectivity index (χ4v) is 1.58. The monoisotopic (exact) mass is 326 g/mol. The zero-order chi connectivity index (χ0) is 17.4. The molecule has 0 aliphatic carbocycles. The Kier molecular flexibility index (Phi) is 7.20. The van der Waals surface area contributed by atoms with Crippen molar-refractivity contribution in [2.45, 2.75) is 18.3 Å². The van der Waals surface area contributed by atoms with E-state index in [9.17, 15) is 24.9 Å². The Morgan fingerprint density at radius 3 is 2.61 bits per heavy atom. The van der Waals surface area contributed by atoms with Gasteiger partial charge < -0.3 is 34.7 Å². The van der Waals surface area contributed by atoms with Crippen LogP contribution in [0.1, 0.15) is 5.56 Å². The number of aldehydes is 1. The van der Waals surface area contributed by atoms with Gasteiger partial charge in [0.15, 0.2) is 17.8 Å². The minimum absolute atomic E-state index is 0.0435. The Hall–Kier alpha value is -2.42. The number of ether oxygens (including phenoxy) is 2. The molecule has 1 rings (SSSR count). The molecule has 23 heavy (non-hydrogen) atoms. The van der Waals surface area contributed by atoms with Gasteiger partial charge in [0.1, 0.15) is 24.9 Å². The third-order valence-electron chi connectivity index (χ3n) is 2.90. The summed E-state index contributed by atoms with van der Waals surface area (Å²) >= 11 is 0. The summed E-state index contributed by atoms with van der Waals surface area (Å²) < 4.78 is 9.60. The van der Waals surface area contributed by atoms with Crippen LogP contribution in [0.5, 0.6) is 11.5 Å². The van der Waals surface area contributed by atoms with E-state index in [4.69, 9.17) is 9.84 Å². The summed E-state index contributed by atoms with van der Waals surface area (Å²) in [7, 11) is 1.39. The first kappa shape index (κ1) is 18.6. The van der Waals surface area contributed by atoms with Crippen LogP contribution >= 0.6 is 0 Å². The van der Waals surface area contributed by atoms with Gasteiger partial charge in [-0.3, -0.25) is 0 Å². The van der Waals surface area contributed by atoms with Crippen molar-refractivity contribution in [3.63, 3.8) is 0 Å². The molecule has 0 saturated heterocycles. The van der Waals surface area contributed by atoms with Gasteiger partial charge >= 0.3 is 5.97 Å². The molecule has 8 heteroatoms. The molecule has 1 aromatic rings. The molecule has 0 aromatic heterocycles. The number of aromatic hydroxyl groups is 1. The largest absolute Gasteiger partial charge is 0.504 e. The summed E-state index contributed by atoms with van der Waals surface area (Å²) in [5, 5.41) is 37.2. The number of carbonyl (C=O) groups excluding carboxylic acids is 2. The molecule has 0 unspecified atom stereocenters. The van der Waals surface area contributed by atoms with Crippen LogP contribution in [0.25, 0.3) is 6.08 Å². The van der Waals surface area contributed by atoms with Crippen LogP contribution < -0.4 is 4.74 Å². The van der Waals surface area contributed by atoms with E-state index in [1.165, 1.54) is 25.3 Å². The minimum Gasteiger partial charge on any atom is -0.504 e. The summed E-state index contributed by atoms with van der Waals surface area (Å²) in [4.78, 5) is 21.7. The van der Waals surface area contributed by atoms with Gasteiger partial charge in [0.2, 0.25) is 0 Å². The van der Waals surface area contributed by atoms with E-state index in [-0.39, 0.29) is 17.8 Å². The average molecular weight is 326 g/mol. The SMILES string of the molecule is COc1cc(/C=C/C(=O)OC[C@H](O)[C@H](O)[C@@H](O)C=O)ccc1O. The quantitative estimate of drug-likeness (QED) is 0.278. The molecule has 126 valence electrons. The van der Waals surface area contributed by atoms with Gasteiger partial charge in [0, 0.05) is 6.08 Å². The molecule has 0 bridgehead atoms. The van der Waals surface area contributed by atoms with Crippen LogP contribution in [0.3, 0.4) is 0 Å². The number of benzene rings is 1. The van der Waals surface area contributed by atoms with E-state index in [0.717, 1.165) is 6.08 Å². The van der Waals surface area contributed by atoms with E-state index in [1.54, 1.807) is 6.07 Å². The van der Waals surface area contributed by atoms with Crippen LogP contribution in [0.4, 0.5) is 0 Å². The van der Waals surface area contributed by atoms with Crippen molar-refractivity contribution in [3.8, 4) is 11.5 Å². The van der Waals surface area contributed by atoms with Crippen LogP contribution in [-0.2, 0) is 14.3 Å². The number of esters is 1. The number of phenols is 1. The fourth-order valence-electron chi connectivity index (χ4n) is 1.58. The molecule has 8 nitrogen and oxygen atoms in total. The van der Waals surface area contributed by atoms with Crippen LogP contribution in [0.2, 0.25) is 0 Å². The summed E-state index contributed by atoms with van der Waals surface area (Å²) in [6.07, 6.45) is -2.57. The van der Waals surface area contributed by atoms with Crippen molar-refractivity contribution < 1.29 is 39.5 Å². The first-order valence-corrected chi connectivity index (χ1v) is 6.60. The van der Waals surface area contributed by atoms with E-state index in [1.807, 2.05) is 0 Å². The maximum Gasteiger partial charge on any atom is 0.330 e. The zero-order valence-electron chi connectivity index (χ0n) is 12.3. The Bertz CT molecular complexity index is 569. The number of methoxy groups -OCH3 is 1. The van der Waals surface area contributed by atoms with E-state index in [0.29, 0.717) is 5.56 Å². The van der Waals surface area contributed by atoms with Crippen molar-refractivity contribution in [1.82, 2.24) is 0 Å². The summed E-state index contributed by atoms with van der Waals surface area (Å²) in [6.45, 7) is -0.589. The summed E-state index contributed by atoms with van der Waals surface area (Å²) in [5.41, 5.74) is 0.563. The van der Waals surface area contributed by atoms with Crippen molar-refractivity contribution in [2.75, 3.05) is 13.7 Å². The maximum absolute atomic E-state index is 11.5. The number of hydrogen-bond donors (Lipinski definition) is 4. The lowest BCUT2D eigenvalue weighted by molar-refractivity contribution is -0.146. The Labute approximate surface area is 132 Å². The molecule has 0 fully saturated rings. The number of rotatable bonds is 8. The molecule has 0 spiro atoms. The summed E-state index contributed by atoms with van der Waals surface area (Å²) in [6, 6.07) is 4.43. The number of phenolic OH excluding ortho intramolecular Hbond substituents is 1. The normalized spacial score (nSPS) is 15.0. The molecule has 0 amide bonds. The molecule has 1 aromatic carbocycles. The highest BCUT2D eigenvalue weighted by Gasteiger charge is 2.25. The van der Waals surface area contributed by atoms with Crippen molar-refractivity contribution in [2.24, 2.45) is 0 Å². The van der Waals surface area contributed by atoms with Gasteiger partial charge in [-0.1, -0.05) is 6.07 Å². The Morgan fingerprint density at radius 2 is 2.00 bits per heavy atom. The van der Waals surface area contributed by atoms with Gasteiger partial charge in [-0.15, -0.1) is 0 Å². The molecular weight excluding hydrogens is 308 g/mol. The van der Waals surface area contributed by atoms with Crippen molar-refractivity contribution >= 4 is 18.3 Å². The number of aliphatic hydroxyl groups is 3. The number of hydrogen-bond acceptors (Lipinski definition) is 8. The van der Waals surface area contributed by atoms with Gasteiger partial charge in [-0.2, -0.15) is 0 Å². The topological polar surface area (TPSA) is 134 Å². The lowest BCUT2D eigenvalue weighted by Crippen LogP contribution is -2.41. The number of aliphatic hydroxyl groups excluding tert-OH is 3. The van der Waals surface area contributed by atoms with E-state index < -0.39 is 30.9 Å². The van der Waals surface area contributed by atoms with Crippen molar-refractivity contribution in [3.05, 3.63) is 29.8 Å². The Morgan fingerprint density at radius 1 is 1.30 bits per heavy atom. The molecule has 4 N–H and O–H groups in total. The first-order chi connectivity index (χ1) is 10.9. The molecule has 3 atom stereocenters. The lowest BCUT2D eigenvalue weighted by Gasteiger charge is -2.18. The first-order valence-electron chi connectivity index (χ1n) is 6.60. The summed E-state index contributed by atoms with van der Waals surface area (Å²) in [5.74, 6) is -0.608. The molecule has 0 aliphatic heterocycles. The molecule has 0 aliphatic rings. The van der Waals surface area contributed by atoms with Crippen LogP contribution in [-0.4, -0.2) is 64.7 Å². The fraction of sp³-hybridized carbons (Fsp3) is 0.333. The van der Waals surface area contributed by atoms with Gasteiger partial charge in [0.25, 0.3) is 0 Å². The molecule has 0 radical (unpaired) electrons. The van der Waals surface area contributed by atoms with Gasteiger partial charge in [-0.25, -0.2) is 4.79 Å². The third kappa shape index (κ3) is 5.70. The highest BCUT2D eigenvalue weighted by atomic mass is 16.5. The predicted octanol–water partition coefficient (Wildman–Crippen LogP) is -0.761. The highest BCUT2D eigenvalue weighted by Crippen LogP contribution is 2.26.